The van der Waals surface area contributed by atoms with E-state index < -0.39 is 21.4 Å². The molecule has 112 valence electrons. The smallest absolute Gasteiger partial charge is 0.242 e. The number of aromatic nitrogens is 2. The van der Waals surface area contributed by atoms with Crippen LogP contribution in [0.25, 0.3) is 11.4 Å². The van der Waals surface area contributed by atoms with Gasteiger partial charge in [0.15, 0.2) is 9.84 Å². The Bertz CT molecular complexity index is 875. The van der Waals surface area contributed by atoms with Crippen molar-refractivity contribution in [3.63, 3.8) is 0 Å². The Hall–Kier alpha value is -2.54. The first-order valence-corrected chi connectivity index (χ1v) is 8.06. The first-order chi connectivity index (χ1) is 10.5. The Kier molecular flexibility index (Phi) is 3.72. The lowest BCUT2D eigenvalue weighted by atomic mass is 10.2. The van der Waals surface area contributed by atoms with E-state index in [1.54, 1.807) is 12.1 Å². The molecule has 0 N–H and O–H groups in total. The van der Waals surface area contributed by atoms with Crippen molar-refractivity contribution in [2.45, 2.75) is 10.6 Å². The molecule has 2 aromatic carbocycles. The van der Waals surface area contributed by atoms with E-state index in [4.69, 9.17) is 4.52 Å². The average molecular weight is 318 g/mol. The van der Waals surface area contributed by atoms with Crippen LogP contribution in [0.15, 0.2) is 64.0 Å². The third-order valence-corrected chi connectivity index (χ3v) is 4.60. The molecule has 0 amide bonds. The standard InChI is InChI=1S/C15H11FN2O3S/c16-12-6-8-13(9-7-12)22(19,20)10-14-17-15(18-21-14)11-4-2-1-3-5-11/h1-9H,10H2. The SMILES string of the molecule is O=S(=O)(Cc1nc(-c2ccccc2)no1)c1ccc(F)cc1. The zero-order chi connectivity index (χ0) is 15.6. The summed E-state index contributed by atoms with van der Waals surface area (Å²) in [4.78, 5) is 4.09. The van der Waals surface area contributed by atoms with Gasteiger partial charge in [-0.1, -0.05) is 35.5 Å². The Morgan fingerprint density at radius 3 is 2.36 bits per heavy atom. The molecule has 0 aliphatic heterocycles. The molecule has 0 aliphatic rings. The summed E-state index contributed by atoms with van der Waals surface area (Å²) in [7, 11) is -3.66. The maximum Gasteiger partial charge on any atom is 0.242 e. The maximum atomic E-state index is 12.9. The molecule has 0 saturated heterocycles. The van der Waals surface area contributed by atoms with Gasteiger partial charge < -0.3 is 4.52 Å². The highest BCUT2D eigenvalue weighted by atomic mass is 32.2. The van der Waals surface area contributed by atoms with E-state index in [0.717, 1.165) is 17.7 Å². The van der Waals surface area contributed by atoms with Gasteiger partial charge in [-0.3, -0.25) is 0 Å². The number of hydrogen-bond donors (Lipinski definition) is 0. The van der Waals surface area contributed by atoms with Crippen LogP contribution in [0.4, 0.5) is 4.39 Å². The van der Waals surface area contributed by atoms with Gasteiger partial charge in [-0.25, -0.2) is 12.8 Å². The van der Waals surface area contributed by atoms with Crippen molar-refractivity contribution in [2.75, 3.05) is 0 Å². The largest absolute Gasteiger partial charge is 0.338 e. The predicted octanol–water partition coefficient (Wildman–Crippen LogP) is 2.85. The Morgan fingerprint density at radius 1 is 1.00 bits per heavy atom. The molecular weight excluding hydrogens is 307 g/mol. The monoisotopic (exact) mass is 318 g/mol. The summed E-state index contributed by atoms with van der Waals surface area (Å²) in [6.07, 6.45) is 0. The minimum absolute atomic E-state index is 0.00774. The second kappa shape index (κ2) is 5.69. The van der Waals surface area contributed by atoms with Crippen LogP contribution >= 0.6 is 0 Å². The van der Waals surface area contributed by atoms with Gasteiger partial charge in [0.1, 0.15) is 11.6 Å². The van der Waals surface area contributed by atoms with Crippen molar-refractivity contribution in [2.24, 2.45) is 0 Å². The van der Waals surface area contributed by atoms with Crippen LogP contribution in [0.3, 0.4) is 0 Å². The van der Waals surface area contributed by atoms with Crippen LogP contribution < -0.4 is 0 Å². The summed E-state index contributed by atoms with van der Waals surface area (Å²) in [6, 6.07) is 13.7. The van der Waals surface area contributed by atoms with Crippen LogP contribution in [-0.4, -0.2) is 18.6 Å². The van der Waals surface area contributed by atoms with Crippen LogP contribution in [0, 0.1) is 5.82 Å². The van der Waals surface area contributed by atoms with Crippen LogP contribution in [0.2, 0.25) is 0 Å². The highest BCUT2D eigenvalue weighted by molar-refractivity contribution is 7.90. The van der Waals surface area contributed by atoms with Gasteiger partial charge in [-0.15, -0.1) is 0 Å². The lowest BCUT2D eigenvalue weighted by Gasteiger charge is -2.00. The summed E-state index contributed by atoms with van der Waals surface area (Å²) in [5.74, 6) is -0.616. The average Bonchev–Trinajstić information content (AvgIpc) is 2.96. The molecule has 3 rings (SSSR count). The molecule has 1 heterocycles. The van der Waals surface area contributed by atoms with E-state index in [9.17, 15) is 12.8 Å². The summed E-state index contributed by atoms with van der Waals surface area (Å²) < 4.78 is 42.3. The molecule has 0 bridgehead atoms. The van der Waals surface area contributed by atoms with Gasteiger partial charge in [-0.2, -0.15) is 4.98 Å². The highest BCUT2D eigenvalue weighted by Crippen LogP contribution is 2.19. The van der Waals surface area contributed by atoms with Crippen molar-refractivity contribution in [3.05, 3.63) is 66.3 Å². The zero-order valence-corrected chi connectivity index (χ0v) is 12.1. The van der Waals surface area contributed by atoms with Crippen molar-refractivity contribution in [3.8, 4) is 11.4 Å². The molecule has 0 spiro atoms. The van der Waals surface area contributed by atoms with E-state index in [-0.39, 0.29) is 10.8 Å². The molecule has 0 aliphatic carbocycles. The summed E-state index contributed by atoms with van der Waals surface area (Å²) in [5, 5.41) is 3.77. The second-order valence-corrected chi connectivity index (χ2v) is 6.58. The number of benzene rings is 2. The molecule has 0 saturated carbocycles. The van der Waals surface area contributed by atoms with Crippen molar-refractivity contribution in [1.82, 2.24) is 10.1 Å². The lowest BCUT2D eigenvalue weighted by Crippen LogP contribution is -2.05. The molecule has 0 unspecified atom stereocenters. The van der Waals surface area contributed by atoms with E-state index in [1.807, 2.05) is 18.2 Å². The number of rotatable bonds is 4. The van der Waals surface area contributed by atoms with Gasteiger partial charge in [0.2, 0.25) is 11.7 Å². The molecule has 7 heteroatoms. The highest BCUT2D eigenvalue weighted by Gasteiger charge is 2.20. The molecular formula is C15H11FN2O3S. The zero-order valence-electron chi connectivity index (χ0n) is 11.3. The minimum Gasteiger partial charge on any atom is -0.338 e. The first-order valence-electron chi connectivity index (χ1n) is 6.41. The van der Waals surface area contributed by atoms with Crippen LogP contribution in [0.5, 0.6) is 0 Å². The van der Waals surface area contributed by atoms with Gasteiger partial charge in [-0.05, 0) is 24.3 Å². The van der Waals surface area contributed by atoms with E-state index >= 15 is 0 Å². The number of halogens is 1. The topological polar surface area (TPSA) is 73.1 Å². The Labute approximate surface area is 126 Å². The van der Waals surface area contributed by atoms with E-state index in [1.165, 1.54) is 12.1 Å². The molecule has 1 aromatic heterocycles. The third kappa shape index (κ3) is 3.04. The molecule has 5 nitrogen and oxygen atoms in total. The molecule has 0 atom stereocenters. The summed E-state index contributed by atoms with van der Waals surface area (Å²) in [6.45, 7) is 0. The Morgan fingerprint density at radius 2 is 1.68 bits per heavy atom. The van der Waals surface area contributed by atoms with Gasteiger partial charge in [0.05, 0.1) is 4.90 Å². The molecule has 0 radical (unpaired) electrons. The number of sulfone groups is 1. The quantitative estimate of drug-likeness (QED) is 0.692. The second-order valence-electron chi connectivity index (χ2n) is 4.59. The number of nitrogens with zero attached hydrogens (tertiary/aromatic N) is 2. The molecule has 0 fully saturated rings. The van der Waals surface area contributed by atoms with Crippen molar-refractivity contribution < 1.29 is 17.3 Å². The summed E-state index contributed by atoms with van der Waals surface area (Å²) in [5.41, 5.74) is 0.733. The maximum absolute atomic E-state index is 12.9. The fourth-order valence-electron chi connectivity index (χ4n) is 1.91. The lowest BCUT2D eigenvalue weighted by molar-refractivity contribution is 0.389. The van der Waals surface area contributed by atoms with Crippen molar-refractivity contribution >= 4 is 9.84 Å². The minimum atomic E-state index is -3.66. The fraction of sp³-hybridized carbons (Fsp3) is 0.0667. The predicted molar refractivity (Wildman–Crippen MR) is 77.0 cm³/mol. The van der Waals surface area contributed by atoms with Gasteiger partial charge in [0.25, 0.3) is 0 Å². The molecule has 22 heavy (non-hydrogen) atoms. The van der Waals surface area contributed by atoms with Gasteiger partial charge in [0, 0.05) is 5.56 Å². The first kappa shape index (κ1) is 14.4. The van der Waals surface area contributed by atoms with Gasteiger partial charge >= 0.3 is 0 Å². The molecule has 3 aromatic rings. The van der Waals surface area contributed by atoms with Crippen LogP contribution in [0.1, 0.15) is 5.89 Å². The number of hydrogen-bond acceptors (Lipinski definition) is 5. The normalized spacial score (nSPS) is 11.5. The van der Waals surface area contributed by atoms with E-state index in [2.05, 4.69) is 10.1 Å². The third-order valence-electron chi connectivity index (χ3n) is 2.99. The van der Waals surface area contributed by atoms with Crippen molar-refractivity contribution in [1.29, 1.82) is 0 Å². The van der Waals surface area contributed by atoms with E-state index in [0.29, 0.717) is 5.82 Å². The fourth-order valence-corrected chi connectivity index (χ4v) is 3.07. The summed E-state index contributed by atoms with van der Waals surface area (Å²) >= 11 is 0. The van der Waals surface area contributed by atoms with Crippen LogP contribution in [-0.2, 0) is 15.6 Å². The Balaban J connectivity index is 1.84.